The molecule has 2 aromatic heterocycles. The highest BCUT2D eigenvalue weighted by Crippen LogP contribution is 2.37. The fourth-order valence-electron chi connectivity index (χ4n) is 4.45. The maximum Gasteiger partial charge on any atom is 0.230 e. The topological polar surface area (TPSA) is 75.9 Å². The van der Waals surface area contributed by atoms with Crippen LogP contribution in [-0.2, 0) is 11.3 Å². The number of amides is 1. The third kappa shape index (κ3) is 3.45. The molecule has 7 nitrogen and oxygen atoms in total. The zero-order chi connectivity index (χ0) is 18.9. The van der Waals surface area contributed by atoms with Gasteiger partial charge in [-0.15, -0.1) is 16.4 Å². The summed E-state index contributed by atoms with van der Waals surface area (Å²) >= 11 is 1.46. The van der Waals surface area contributed by atoms with Crippen molar-refractivity contribution in [3.05, 3.63) is 48.1 Å². The van der Waals surface area contributed by atoms with E-state index in [-0.39, 0.29) is 11.8 Å². The summed E-state index contributed by atoms with van der Waals surface area (Å²) in [7, 11) is 0. The first kappa shape index (κ1) is 17.5. The average Bonchev–Trinajstić information content (AvgIpc) is 3.41. The Morgan fingerprint density at radius 3 is 2.93 bits per heavy atom. The van der Waals surface area contributed by atoms with Gasteiger partial charge in [0.25, 0.3) is 0 Å². The van der Waals surface area contributed by atoms with Crippen molar-refractivity contribution in [1.82, 2.24) is 24.9 Å². The van der Waals surface area contributed by atoms with E-state index in [9.17, 15) is 4.79 Å². The molecule has 3 aromatic rings. The molecule has 0 radical (unpaired) electrons. The van der Waals surface area contributed by atoms with E-state index in [1.807, 2.05) is 46.6 Å². The predicted octanol–water partition coefficient (Wildman–Crippen LogP) is 2.75. The molecule has 8 heteroatoms. The molecule has 3 fully saturated rings. The molecule has 5 heterocycles. The van der Waals surface area contributed by atoms with Crippen molar-refractivity contribution in [2.24, 2.45) is 11.8 Å². The molecular formula is C20H22N6OS. The van der Waals surface area contributed by atoms with E-state index in [1.165, 1.54) is 11.3 Å². The highest BCUT2D eigenvalue weighted by atomic mass is 32.1. The molecule has 1 amide bonds. The van der Waals surface area contributed by atoms with Crippen molar-refractivity contribution in [3.8, 4) is 11.3 Å². The van der Waals surface area contributed by atoms with Crippen LogP contribution in [0.5, 0.6) is 0 Å². The van der Waals surface area contributed by atoms with Crippen LogP contribution in [0.2, 0.25) is 0 Å². The van der Waals surface area contributed by atoms with Crippen molar-refractivity contribution >= 4 is 22.4 Å². The van der Waals surface area contributed by atoms with Gasteiger partial charge in [0.1, 0.15) is 5.69 Å². The summed E-state index contributed by atoms with van der Waals surface area (Å²) < 4.78 is 1.94. The molecule has 0 aliphatic carbocycles. The van der Waals surface area contributed by atoms with Crippen LogP contribution < -0.4 is 5.32 Å². The molecule has 28 heavy (non-hydrogen) atoms. The summed E-state index contributed by atoms with van der Waals surface area (Å²) in [5, 5.41) is 14.2. The number of aromatic nitrogens is 4. The normalized spacial score (nSPS) is 26.3. The highest BCUT2D eigenvalue weighted by molar-refractivity contribution is 7.13. The fraction of sp³-hybridized carbons (Fsp3) is 0.400. The zero-order valence-electron chi connectivity index (χ0n) is 15.4. The van der Waals surface area contributed by atoms with Gasteiger partial charge >= 0.3 is 0 Å². The van der Waals surface area contributed by atoms with Crippen molar-refractivity contribution in [1.29, 1.82) is 0 Å². The Morgan fingerprint density at radius 2 is 2.18 bits per heavy atom. The van der Waals surface area contributed by atoms with Crippen molar-refractivity contribution in [3.63, 3.8) is 0 Å². The monoisotopic (exact) mass is 394 g/mol. The van der Waals surface area contributed by atoms with Crippen molar-refractivity contribution < 1.29 is 4.79 Å². The molecule has 1 unspecified atom stereocenters. The summed E-state index contributed by atoms with van der Waals surface area (Å²) in [6.45, 7) is 2.68. The number of carbonyl (C=O) groups is 1. The Morgan fingerprint density at radius 1 is 1.29 bits per heavy atom. The van der Waals surface area contributed by atoms with Crippen LogP contribution in [0.3, 0.4) is 0 Å². The SMILES string of the molecule is O=C(Nc1nccs1)[C@H]1CN2CC[C@@H]1C[C@@H]2Cn1cc(-c2ccccc2)nn1. The van der Waals surface area contributed by atoms with Gasteiger partial charge in [0.2, 0.25) is 5.91 Å². The number of nitrogens with one attached hydrogen (secondary N) is 1. The summed E-state index contributed by atoms with van der Waals surface area (Å²) in [5.41, 5.74) is 1.98. The number of hydrogen-bond acceptors (Lipinski definition) is 6. The molecule has 1 aromatic carbocycles. The number of rotatable bonds is 5. The average molecular weight is 395 g/mol. The second-order valence-electron chi connectivity index (χ2n) is 7.56. The highest BCUT2D eigenvalue weighted by Gasteiger charge is 2.43. The summed E-state index contributed by atoms with van der Waals surface area (Å²) in [6, 6.07) is 10.5. The maximum atomic E-state index is 12.7. The Kier molecular flexibility index (Phi) is 4.66. The molecule has 1 N–H and O–H groups in total. The van der Waals surface area contributed by atoms with Crippen LogP contribution in [-0.4, -0.2) is 49.9 Å². The number of piperidine rings is 3. The Labute approximate surface area is 167 Å². The van der Waals surface area contributed by atoms with Gasteiger partial charge in [-0.3, -0.25) is 14.4 Å². The van der Waals surface area contributed by atoms with E-state index in [4.69, 9.17) is 0 Å². The molecule has 2 bridgehead atoms. The summed E-state index contributed by atoms with van der Waals surface area (Å²) in [4.78, 5) is 19.3. The fourth-order valence-corrected chi connectivity index (χ4v) is 4.98. The Bertz CT molecular complexity index is 941. The number of benzene rings is 1. The van der Waals surface area contributed by atoms with Gasteiger partial charge < -0.3 is 5.32 Å². The summed E-state index contributed by atoms with van der Waals surface area (Å²) in [5.74, 6) is 0.576. The quantitative estimate of drug-likeness (QED) is 0.720. The lowest BCUT2D eigenvalue weighted by Gasteiger charge is -2.49. The molecule has 0 saturated carbocycles. The van der Waals surface area contributed by atoms with E-state index < -0.39 is 0 Å². The molecule has 6 rings (SSSR count). The summed E-state index contributed by atoms with van der Waals surface area (Å²) in [6.07, 6.45) is 5.84. The first-order valence-corrected chi connectivity index (χ1v) is 10.5. The van der Waals surface area contributed by atoms with Crippen LogP contribution in [0.15, 0.2) is 48.1 Å². The number of anilines is 1. The lowest BCUT2D eigenvalue weighted by atomic mass is 9.75. The number of nitrogens with zero attached hydrogens (tertiary/aromatic N) is 5. The first-order chi connectivity index (χ1) is 13.8. The second-order valence-corrected chi connectivity index (χ2v) is 8.45. The second kappa shape index (κ2) is 7.44. The predicted molar refractivity (Wildman–Crippen MR) is 108 cm³/mol. The standard InChI is InChI=1S/C20H22N6OS/c27-19(22-20-21-7-9-28-20)17-12-25-8-6-15(17)10-16(25)11-26-13-18(23-24-26)14-4-2-1-3-5-14/h1-5,7,9,13,15-17H,6,8,10-12H2,(H,21,22,27)/t15-,16-,17+/m1/s1. The molecule has 3 aliphatic heterocycles. The molecular weight excluding hydrogens is 372 g/mol. The van der Waals surface area contributed by atoms with E-state index in [1.54, 1.807) is 6.20 Å². The molecule has 0 spiro atoms. The van der Waals surface area contributed by atoms with Crippen LogP contribution in [0.25, 0.3) is 11.3 Å². The van der Waals surface area contributed by atoms with Gasteiger partial charge in [-0.05, 0) is 25.3 Å². The van der Waals surface area contributed by atoms with E-state index in [0.717, 1.165) is 43.7 Å². The lowest BCUT2D eigenvalue weighted by molar-refractivity contribution is -0.127. The first-order valence-electron chi connectivity index (χ1n) is 9.66. The minimum atomic E-state index is 0.0459. The Balaban J connectivity index is 1.23. The number of fused-ring (bicyclic) bond motifs is 3. The maximum absolute atomic E-state index is 12.7. The molecule has 3 saturated heterocycles. The lowest BCUT2D eigenvalue weighted by Crippen LogP contribution is -2.57. The third-order valence-electron chi connectivity index (χ3n) is 5.88. The minimum absolute atomic E-state index is 0.0459. The van der Waals surface area contributed by atoms with Gasteiger partial charge in [-0.1, -0.05) is 35.5 Å². The number of hydrogen-bond donors (Lipinski definition) is 1. The Hall–Kier alpha value is -2.58. The van der Waals surface area contributed by atoms with Gasteiger partial charge in [0.15, 0.2) is 5.13 Å². The van der Waals surface area contributed by atoms with Crippen LogP contribution in [0, 0.1) is 11.8 Å². The molecule has 4 atom stereocenters. The van der Waals surface area contributed by atoms with Crippen LogP contribution >= 0.6 is 11.3 Å². The van der Waals surface area contributed by atoms with Crippen LogP contribution in [0.4, 0.5) is 5.13 Å². The smallest absolute Gasteiger partial charge is 0.230 e. The van der Waals surface area contributed by atoms with E-state index in [2.05, 4.69) is 25.5 Å². The van der Waals surface area contributed by atoms with Gasteiger partial charge in [0, 0.05) is 29.7 Å². The van der Waals surface area contributed by atoms with E-state index in [0.29, 0.717) is 17.1 Å². The number of carbonyl (C=O) groups excluding carboxylic acids is 1. The number of thiazole rings is 1. The molecule has 144 valence electrons. The van der Waals surface area contributed by atoms with Crippen molar-refractivity contribution in [2.75, 3.05) is 18.4 Å². The van der Waals surface area contributed by atoms with Gasteiger partial charge in [-0.2, -0.15) is 0 Å². The van der Waals surface area contributed by atoms with Crippen molar-refractivity contribution in [2.45, 2.75) is 25.4 Å². The largest absolute Gasteiger partial charge is 0.302 e. The molecule has 3 aliphatic rings. The van der Waals surface area contributed by atoms with Gasteiger partial charge in [0.05, 0.1) is 18.7 Å². The van der Waals surface area contributed by atoms with E-state index >= 15 is 0 Å². The third-order valence-corrected chi connectivity index (χ3v) is 6.57. The minimum Gasteiger partial charge on any atom is -0.302 e. The van der Waals surface area contributed by atoms with Gasteiger partial charge in [-0.25, -0.2) is 4.98 Å². The van der Waals surface area contributed by atoms with Crippen LogP contribution in [0.1, 0.15) is 12.8 Å². The zero-order valence-corrected chi connectivity index (χ0v) is 16.3.